The molecule has 0 N–H and O–H groups in total. The van der Waals surface area contributed by atoms with E-state index in [4.69, 9.17) is 9.47 Å². The maximum Gasteiger partial charge on any atom is 0.343 e. The minimum absolute atomic E-state index is 0.0197. The van der Waals surface area contributed by atoms with Crippen LogP contribution in [0, 0.1) is 5.92 Å². The van der Waals surface area contributed by atoms with Crippen LogP contribution in [0.15, 0.2) is 35.1 Å². The minimum atomic E-state index is -0.341. The fraction of sp³-hybridized carbons (Fsp3) is 0.300. The number of methoxy groups -OCH3 is 1. The van der Waals surface area contributed by atoms with Gasteiger partial charge in [0, 0.05) is 0 Å². The summed E-state index contributed by atoms with van der Waals surface area (Å²) in [6, 6.07) is 0. The fourth-order valence-electron chi connectivity index (χ4n) is 1.42. The van der Waals surface area contributed by atoms with Crippen molar-refractivity contribution in [1.29, 1.82) is 0 Å². The second kappa shape index (κ2) is 2.98. The first-order valence-corrected chi connectivity index (χ1v) is 3.98. The topological polar surface area (TPSA) is 35.5 Å². The largest absolute Gasteiger partial charge is 0.504 e. The molecule has 66 valence electrons. The van der Waals surface area contributed by atoms with Crippen LogP contribution in [0.5, 0.6) is 0 Å². The number of carbonyl (C=O) groups is 1. The Morgan fingerprint density at radius 3 is 3.38 bits per heavy atom. The third-order valence-electron chi connectivity index (χ3n) is 2.03. The molecule has 0 aromatic rings. The van der Waals surface area contributed by atoms with E-state index in [0.717, 1.165) is 6.42 Å². The van der Waals surface area contributed by atoms with Crippen molar-refractivity contribution in [2.24, 2.45) is 5.92 Å². The minimum Gasteiger partial charge on any atom is -0.504 e. The zero-order chi connectivity index (χ0) is 9.26. The number of fused-ring (bicyclic) bond motifs is 1. The van der Waals surface area contributed by atoms with Gasteiger partial charge in [-0.1, -0.05) is 5.73 Å². The summed E-state index contributed by atoms with van der Waals surface area (Å²) in [5, 5.41) is 0. The lowest BCUT2D eigenvalue weighted by atomic mass is 9.95. The van der Waals surface area contributed by atoms with Gasteiger partial charge < -0.3 is 9.47 Å². The molecule has 0 radical (unpaired) electrons. The van der Waals surface area contributed by atoms with Gasteiger partial charge in [0.15, 0.2) is 5.76 Å². The SMILES string of the molecule is CO/C=C1/C(=O)OC2=C=C=CCC21. The molecule has 2 aliphatic rings. The molecule has 1 fully saturated rings. The first-order valence-electron chi connectivity index (χ1n) is 3.98. The summed E-state index contributed by atoms with van der Waals surface area (Å²) in [6.07, 6.45) is 3.99. The molecule has 1 saturated heterocycles. The van der Waals surface area contributed by atoms with Gasteiger partial charge in [-0.15, -0.1) is 0 Å². The van der Waals surface area contributed by atoms with Crippen molar-refractivity contribution in [3.8, 4) is 0 Å². The van der Waals surface area contributed by atoms with Gasteiger partial charge in [-0.3, -0.25) is 0 Å². The molecule has 0 bridgehead atoms. The van der Waals surface area contributed by atoms with Crippen molar-refractivity contribution in [1.82, 2.24) is 0 Å². The molecule has 1 atom stereocenters. The number of hydrogen-bond donors (Lipinski definition) is 0. The number of carbonyl (C=O) groups excluding carboxylic acids is 1. The molecule has 0 spiro atoms. The van der Waals surface area contributed by atoms with E-state index in [0.29, 0.717) is 11.3 Å². The number of ether oxygens (including phenoxy) is 2. The highest BCUT2D eigenvalue weighted by Crippen LogP contribution is 2.34. The average molecular weight is 176 g/mol. The Kier molecular flexibility index (Phi) is 1.82. The summed E-state index contributed by atoms with van der Waals surface area (Å²) < 4.78 is 9.77. The third kappa shape index (κ3) is 1.20. The van der Waals surface area contributed by atoms with E-state index >= 15 is 0 Å². The van der Waals surface area contributed by atoms with Crippen LogP contribution in [0.2, 0.25) is 0 Å². The monoisotopic (exact) mass is 176 g/mol. The zero-order valence-corrected chi connectivity index (χ0v) is 7.16. The Morgan fingerprint density at radius 1 is 1.77 bits per heavy atom. The predicted molar refractivity (Wildman–Crippen MR) is 44.4 cm³/mol. The van der Waals surface area contributed by atoms with E-state index in [1.165, 1.54) is 13.4 Å². The fourth-order valence-corrected chi connectivity index (χ4v) is 1.42. The third-order valence-corrected chi connectivity index (χ3v) is 2.03. The maximum atomic E-state index is 11.3. The van der Waals surface area contributed by atoms with Crippen LogP contribution in [0.25, 0.3) is 0 Å². The molecule has 0 aromatic carbocycles. The smallest absolute Gasteiger partial charge is 0.343 e. The molecular formula is C10H8O3. The molecule has 1 unspecified atom stereocenters. The first kappa shape index (κ1) is 7.93. The lowest BCUT2D eigenvalue weighted by Gasteiger charge is -2.05. The number of esters is 1. The Bertz CT molecular complexity index is 377. The highest BCUT2D eigenvalue weighted by molar-refractivity contribution is 5.93. The van der Waals surface area contributed by atoms with Gasteiger partial charge in [0.2, 0.25) is 0 Å². The summed E-state index contributed by atoms with van der Waals surface area (Å²) in [7, 11) is 1.51. The van der Waals surface area contributed by atoms with Crippen LogP contribution >= 0.6 is 0 Å². The van der Waals surface area contributed by atoms with Crippen LogP contribution in [0.1, 0.15) is 6.42 Å². The van der Waals surface area contributed by atoms with Gasteiger partial charge in [0.1, 0.15) is 0 Å². The molecule has 1 aliphatic heterocycles. The van der Waals surface area contributed by atoms with E-state index in [9.17, 15) is 4.79 Å². The Hall–Kier alpha value is -1.69. The first-order chi connectivity index (χ1) is 6.33. The Morgan fingerprint density at radius 2 is 2.62 bits per heavy atom. The van der Waals surface area contributed by atoms with E-state index in [-0.39, 0.29) is 11.9 Å². The molecule has 2 rings (SSSR count). The molecule has 3 heteroatoms. The molecule has 1 heterocycles. The number of rotatable bonds is 1. The quantitative estimate of drug-likeness (QED) is 0.261. The molecule has 13 heavy (non-hydrogen) atoms. The molecular weight excluding hydrogens is 168 g/mol. The second-order valence-corrected chi connectivity index (χ2v) is 2.82. The molecule has 0 saturated carbocycles. The van der Waals surface area contributed by atoms with Crippen LogP contribution in [-0.4, -0.2) is 13.1 Å². The Balaban J connectivity index is 2.41. The highest BCUT2D eigenvalue weighted by atomic mass is 16.5. The zero-order valence-electron chi connectivity index (χ0n) is 7.16. The summed E-state index contributed by atoms with van der Waals surface area (Å²) in [5.41, 5.74) is 6.11. The van der Waals surface area contributed by atoms with Gasteiger partial charge in [0.05, 0.1) is 24.9 Å². The summed E-state index contributed by atoms with van der Waals surface area (Å²) in [5.74, 6) is 0.191. The summed E-state index contributed by atoms with van der Waals surface area (Å²) in [6.45, 7) is 0. The lowest BCUT2D eigenvalue weighted by Crippen LogP contribution is -2.02. The van der Waals surface area contributed by atoms with E-state index in [2.05, 4.69) is 11.5 Å². The molecule has 1 aliphatic carbocycles. The standard InChI is InChI=1S/C10H8O3/c1-12-6-8-7-4-2-3-5-9(7)13-10(8)11/h2,6-7H,4H2,1H3/b8-6+. The van der Waals surface area contributed by atoms with Crippen molar-refractivity contribution in [2.75, 3.05) is 7.11 Å². The van der Waals surface area contributed by atoms with Gasteiger partial charge >= 0.3 is 5.97 Å². The van der Waals surface area contributed by atoms with Crippen molar-refractivity contribution < 1.29 is 14.3 Å². The second-order valence-electron chi connectivity index (χ2n) is 2.82. The predicted octanol–water partition coefficient (Wildman–Crippen LogP) is 1.29. The summed E-state index contributed by atoms with van der Waals surface area (Å²) in [4.78, 5) is 11.3. The lowest BCUT2D eigenvalue weighted by molar-refractivity contribution is -0.132. The Labute approximate surface area is 75.6 Å². The van der Waals surface area contributed by atoms with Crippen molar-refractivity contribution in [3.63, 3.8) is 0 Å². The summed E-state index contributed by atoms with van der Waals surface area (Å²) >= 11 is 0. The molecule has 3 nitrogen and oxygen atoms in total. The van der Waals surface area contributed by atoms with Crippen LogP contribution < -0.4 is 0 Å². The number of allylic oxidation sites excluding steroid dienone is 2. The normalized spacial score (nSPS) is 27.2. The van der Waals surface area contributed by atoms with Crippen molar-refractivity contribution >= 4 is 5.97 Å². The van der Waals surface area contributed by atoms with E-state index in [1.807, 2.05) is 6.08 Å². The van der Waals surface area contributed by atoms with Crippen LogP contribution in [0.4, 0.5) is 0 Å². The average Bonchev–Trinajstić information content (AvgIpc) is 2.44. The molecule has 0 aromatic heterocycles. The van der Waals surface area contributed by atoms with Crippen molar-refractivity contribution in [2.45, 2.75) is 6.42 Å². The van der Waals surface area contributed by atoms with E-state index < -0.39 is 0 Å². The van der Waals surface area contributed by atoms with Gasteiger partial charge in [0.25, 0.3) is 0 Å². The number of hydrogen-bond acceptors (Lipinski definition) is 3. The van der Waals surface area contributed by atoms with Crippen LogP contribution in [-0.2, 0) is 14.3 Å². The van der Waals surface area contributed by atoms with Crippen LogP contribution in [0.3, 0.4) is 0 Å². The van der Waals surface area contributed by atoms with Gasteiger partial charge in [-0.05, 0) is 18.2 Å². The maximum absolute atomic E-state index is 11.3. The van der Waals surface area contributed by atoms with Gasteiger partial charge in [-0.2, -0.15) is 0 Å². The highest BCUT2D eigenvalue weighted by Gasteiger charge is 2.36. The van der Waals surface area contributed by atoms with Gasteiger partial charge in [-0.25, -0.2) is 4.79 Å². The molecule has 0 amide bonds. The van der Waals surface area contributed by atoms with E-state index in [1.54, 1.807) is 0 Å². The van der Waals surface area contributed by atoms with Crippen molar-refractivity contribution in [3.05, 3.63) is 35.1 Å².